The molecule has 0 saturated carbocycles. The van der Waals surface area contributed by atoms with Crippen LogP contribution in [0.3, 0.4) is 0 Å². The van der Waals surface area contributed by atoms with Gasteiger partial charge in [-0.15, -0.1) is 0 Å². The third-order valence-corrected chi connectivity index (χ3v) is 3.45. The highest BCUT2D eigenvalue weighted by Crippen LogP contribution is 2.27. The zero-order chi connectivity index (χ0) is 13.3. The molecule has 0 bridgehead atoms. The highest BCUT2D eigenvalue weighted by atomic mass is 35.5. The minimum absolute atomic E-state index is 0.0749. The summed E-state index contributed by atoms with van der Waals surface area (Å²) in [4.78, 5) is 4.42. The van der Waals surface area contributed by atoms with Crippen molar-refractivity contribution < 1.29 is 5.11 Å². The van der Waals surface area contributed by atoms with Crippen molar-refractivity contribution in [2.45, 2.75) is 20.3 Å². The molecule has 0 aliphatic carbocycles. The number of halogens is 1. The largest absolute Gasteiger partial charge is 0.396 e. The molecule has 0 aliphatic rings. The smallest absolute Gasteiger partial charge is 0.151 e. The number of rotatable bonds is 3. The average Bonchev–Trinajstić information content (AvgIpc) is 2.61. The molecule has 2 rings (SSSR count). The van der Waals surface area contributed by atoms with E-state index in [0.29, 0.717) is 11.6 Å². The number of hydrogen-bond donors (Lipinski definition) is 1. The Labute approximate surface area is 112 Å². The van der Waals surface area contributed by atoms with Crippen molar-refractivity contribution in [3.63, 3.8) is 0 Å². The fourth-order valence-electron chi connectivity index (χ4n) is 2.09. The first-order valence-corrected chi connectivity index (χ1v) is 6.32. The van der Waals surface area contributed by atoms with Gasteiger partial charge < -0.3 is 9.67 Å². The third kappa shape index (κ3) is 2.28. The highest BCUT2D eigenvalue weighted by Gasteiger charge is 2.15. The number of aryl methyl sites for hydroxylation is 2. The number of aliphatic hydroxyl groups excluding tert-OH is 1. The van der Waals surface area contributed by atoms with Gasteiger partial charge in [-0.2, -0.15) is 0 Å². The minimum Gasteiger partial charge on any atom is -0.396 e. The van der Waals surface area contributed by atoms with Crippen molar-refractivity contribution >= 4 is 11.6 Å². The van der Waals surface area contributed by atoms with Crippen LogP contribution in [0, 0.1) is 13.8 Å². The molecule has 1 N–H and O–H groups in total. The second kappa shape index (κ2) is 5.12. The molecular formula is C14H17ClN2O. The van der Waals surface area contributed by atoms with Gasteiger partial charge >= 0.3 is 0 Å². The van der Waals surface area contributed by atoms with Crippen LogP contribution in [-0.2, 0) is 13.5 Å². The number of imidazole rings is 1. The van der Waals surface area contributed by atoms with Crippen LogP contribution in [0.2, 0.25) is 5.15 Å². The summed E-state index contributed by atoms with van der Waals surface area (Å²) in [5.41, 5.74) is 4.32. The first kappa shape index (κ1) is 13.1. The predicted molar refractivity (Wildman–Crippen MR) is 73.9 cm³/mol. The van der Waals surface area contributed by atoms with Crippen LogP contribution in [0.1, 0.15) is 16.8 Å². The summed E-state index contributed by atoms with van der Waals surface area (Å²) < 4.78 is 1.96. The number of benzene rings is 1. The molecule has 0 aliphatic heterocycles. The van der Waals surface area contributed by atoms with Gasteiger partial charge in [0.25, 0.3) is 0 Å². The standard InChI is InChI=1S/C14H17ClN2O/c1-9-4-5-10(2)11(8-9)14-16-13(15)12(6-7-18)17(14)3/h4-5,8,18H,6-7H2,1-3H3. The Morgan fingerprint density at radius 2 is 2.06 bits per heavy atom. The van der Waals surface area contributed by atoms with Crippen LogP contribution in [0.4, 0.5) is 0 Å². The fourth-order valence-corrected chi connectivity index (χ4v) is 2.39. The predicted octanol–water partition coefficient (Wildman–Crippen LogP) is 2.89. The van der Waals surface area contributed by atoms with Gasteiger partial charge in [0.05, 0.1) is 5.69 Å². The van der Waals surface area contributed by atoms with E-state index in [9.17, 15) is 0 Å². The first-order valence-electron chi connectivity index (χ1n) is 5.94. The number of aromatic nitrogens is 2. The van der Waals surface area contributed by atoms with E-state index in [1.807, 2.05) is 11.6 Å². The fraction of sp³-hybridized carbons (Fsp3) is 0.357. The quantitative estimate of drug-likeness (QED) is 0.926. The van der Waals surface area contributed by atoms with Gasteiger partial charge in [-0.25, -0.2) is 4.98 Å². The van der Waals surface area contributed by atoms with Gasteiger partial charge in [0, 0.05) is 25.6 Å². The van der Waals surface area contributed by atoms with Crippen LogP contribution in [0.5, 0.6) is 0 Å². The van der Waals surface area contributed by atoms with Crippen LogP contribution in [0.15, 0.2) is 18.2 Å². The molecule has 0 amide bonds. The molecule has 0 atom stereocenters. The zero-order valence-electron chi connectivity index (χ0n) is 10.9. The molecule has 1 heterocycles. The van der Waals surface area contributed by atoms with E-state index in [-0.39, 0.29) is 6.61 Å². The molecule has 4 heteroatoms. The average molecular weight is 265 g/mol. The summed E-state index contributed by atoms with van der Waals surface area (Å²) in [6, 6.07) is 6.27. The Hall–Kier alpha value is -1.32. The summed E-state index contributed by atoms with van der Waals surface area (Å²) in [6.07, 6.45) is 0.521. The molecule has 3 nitrogen and oxygen atoms in total. The van der Waals surface area contributed by atoms with Crippen LogP contribution in [-0.4, -0.2) is 21.3 Å². The van der Waals surface area contributed by atoms with Gasteiger partial charge in [0.1, 0.15) is 5.82 Å². The van der Waals surface area contributed by atoms with Crippen molar-refractivity contribution in [2.24, 2.45) is 7.05 Å². The van der Waals surface area contributed by atoms with Gasteiger partial charge in [0.2, 0.25) is 0 Å². The summed E-state index contributed by atoms with van der Waals surface area (Å²) in [5, 5.41) is 9.52. The van der Waals surface area contributed by atoms with Crippen LogP contribution >= 0.6 is 11.6 Å². The van der Waals surface area contributed by atoms with E-state index in [0.717, 1.165) is 17.1 Å². The Morgan fingerprint density at radius 3 is 2.72 bits per heavy atom. The minimum atomic E-state index is 0.0749. The normalized spacial score (nSPS) is 10.9. The molecule has 0 saturated heterocycles. The molecule has 18 heavy (non-hydrogen) atoms. The van der Waals surface area contributed by atoms with E-state index in [1.165, 1.54) is 11.1 Å². The number of aliphatic hydroxyl groups is 1. The molecule has 1 aromatic heterocycles. The summed E-state index contributed by atoms with van der Waals surface area (Å²) >= 11 is 6.13. The van der Waals surface area contributed by atoms with E-state index in [4.69, 9.17) is 16.7 Å². The Bertz CT molecular complexity index is 575. The SMILES string of the molecule is Cc1ccc(C)c(-c2nc(Cl)c(CCO)n2C)c1. The van der Waals surface area contributed by atoms with Crippen molar-refractivity contribution in [3.05, 3.63) is 40.2 Å². The lowest BCUT2D eigenvalue weighted by Crippen LogP contribution is -2.02. The van der Waals surface area contributed by atoms with Crippen LogP contribution < -0.4 is 0 Å². The molecule has 96 valence electrons. The lowest BCUT2D eigenvalue weighted by Gasteiger charge is -2.08. The zero-order valence-corrected chi connectivity index (χ0v) is 11.6. The molecule has 1 aromatic carbocycles. The summed E-state index contributed by atoms with van der Waals surface area (Å²) in [7, 11) is 1.93. The van der Waals surface area contributed by atoms with E-state index >= 15 is 0 Å². The highest BCUT2D eigenvalue weighted by molar-refractivity contribution is 6.30. The lowest BCUT2D eigenvalue weighted by atomic mass is 10.1. The van der Waals surface area contributed by atoms with Crippen molar-refractivity contribution in [2.75, 3.05) is 6.61 Å². The second-order valence-electron chi connectivity index (χ2n) is 4.52. The lowest BCUT2D eigenvalue weighted by molar-refractivity contribution is 0.297. The third-order valence-electron chi connectivity index (χ3n) is 3.15. The van der Waals surface area contributed by atoms with Crippen molar-refractivity contribution in [1.82, 2.24) is 9.55 Å². The van der Waals surface area contributed by atoms with Gasteiger partial charge in [-0.3, -0.25) is 0 Å². The maximum atomic E-state index is 9.05. The molecule has 2 aromatic rings. The second-order valence-corrected chi connectivity index (χ2v) is 4.88. The maximum absolute atomic E-state index is 9.05. The Kier molecular flexibility index (Phi) is 3.73. The van der Waals surface area contributed by atoms with Crippen molar-refractivity contribution in [1.29, 1.82) is 0 Å². The van der Waals surface area contributed by atoms with Gasteiger partial charge in [-0.1, -0.05) is 29.3 Å². The van der Waals surface area contributed by atoms with Crippen LogP contribution in [0.25, 0.3) is 11.4 Å². The topological polar surface area (TPSA) is 38.1 Å². The summed E-state index contributed by atoms with van der Waals surface area (Å²) in [6.45, 7) is 4.19. The molecule has 0 unspecified atom stereocenters. The molecule has 0 fully saturated rings. The molecule has 0 radical (unpaired) electrons. The molecule has 0 spiro atoms. The van der Waals surface area contributed by atoms with Crippen molar-refractivity contribution in [3.8, 4) is 11.4 Å². The van der Waals surface area contributed by atoms with Gasteiger partial charge in [-0.05, 0) is 25.5 Å². The Morgan fingerprint density at radius 1 is 1.33 bits per heavy atom. The van der Waals surface area contributed by atoms with E-state index in [2.05, 4.69) is 37.0 Å². The first-order chi connectivity index (χ1) is 8.54. The van der Waals surface area contributed by atoms with E-state index in [1.54, 1.807) is 0 Å². The number of nitrogens with zero attached hydrogens (tertiary/aromatic N) is 2. The maximum Gasteiger partial charge on any atom is 0.151 e. The summed E-state index contributed by atoms with van der Waals surface area (Å²) in [5.74, 6) is 0.852. The number of hydrogen-bond acceptors (Lipinski definition) is 2. The van der Waals surface area contributed by atoms with Gasteiger partial charge in [0.15, 0.2) is 5.15 Å². The monoisotopic (exact) mass is 264 g/mol. The Balaban J connectivity index is 2.57. The molecular weight excluding hydrogens is 248 g/mol. The van der Waals surface area contributed by atoms with E-state index < -0.39 is 0 Å².